The minimum atomic E-state index is -0.286. The van der Waals surface area contributed by atoms with Crippen LogP contribution in [0, 0.1) is 5.92 Å². The summed E-state index contributed by atoms with van der Waals surface area (Å²) in [4.78, 5) is 4.13. The fourth-order valence-electron chi connectivity index (χ4n) is 1.39. The molecule has 1 aliphatic carbocycles. The number of aromatic nitrogens is 1. The third kappa shape index (κ3) is 3.06. The lowest BCUT2D eigenvalue weighted by Gasteiger charge is -2.11. The first-order chi connectivity index (χ1) is 7.16. The number of aliphatic hydroxyl groups excluding tert-OH is 1. The second kappa shape index (κ2) is 4.68. The van der Waals surface area contributed by atoms with Gasteiger partial charge in [-0.25, -0.2) is 4.98 Å². The Morgan fingerprint density at radius 1 is 1.67 bits per heavy atom. The smallest absolute Gasteiger partial charge is 0.144 e. The zero-order chi connectivity index (χ0) is 10.8. The highest BCUT2D eigenvalue weighted by Crippen LogP contribution is 2.32. The van der Waals surface area contributed by atoms with Crippen LogP contribution in [0.2, 0.25) is 5.02 Å². The van der Waals surface area contributed by atoms with Crippen molar-refractivity contribution in [2.24, 2.45) is 5.92 Å². The van der Waals surface area contributed by atoms with Gasteiger partial charge in [0.2, 0.25) is 0 Å². The molecule has 1 saturated carbocycles. The van der Waals surface area contributed by atoms with Gasteiger partial charge in [-0.05, 0) is 40.8 Å². The van der Waals surface area contributed by atoms with E-state index in [1.807, 2.05) is 0 Å². The normalized spacial score (nSPS) is 17.5. The fraction of sp³-hybridized carbons (Fsp3) is 0.500. The molecule has 0 saturated heterocycles. The van der Waals surface area contributed by atoms with Gasteiger partial charge in [0.05, 0.1) is 11.1 Å². The molecule has 1 heterocycles. The van der Waals surface area contributed by atoms with Gasteiger partial charge in [-0.3, -0.25) is 0 Å². The van der Waals surface area contributed by atoms with Crippen molar-refractivity contribution in [3.8, 4) is 0 Å². The lowest BCUT2D eigenvalue weighted by molar-refractivity contribution is 0.164. The van der Waals surface area contributed by atoms with Crippen molar-refractivity contribution in [2.45, 2.75) is 18.9 Å². The van der Waals surface area contributed by atoms with Gasteiger partial charge in [-0.15, -0.1) is 0 Å². The van der Waals surface area contributed by atoms with Crippen LogP contribution in [0.5, 0.6) is 0 Å². The summed E-state index contributed by atoms with van der Waals surface area (Å²) in [6, 6.07) is 1.78. The number of hydrogen-bond donors (Lipinski definition) is 2. The molecule has 1 atom stereocenters. The number of hydrogen-bond acceptors (Lipinski definition) is 3. The summed E-state index contributed by atoms with van der Waals surface area (Å²) in [5.74, 6) is 1.09. The van der Waals surface area contributed by atoms with Crippen LogP contribution in [0.3, 0.4) is 0 Å². The highest BCUT2D eigenvalue weighted by molar-refractivity contribution is 9.10. The second-order valence-corrected chi connectivity index (χ2v) is 5.09. The van der Waals surface area contributed by atoms with E-state index < -0.39 is 0 Å². The van der Waals surface area contributed by atoms with Crippen molar-refractivity contribution in [1.29, 1.82) is 0 Å². The van der Waals surface area contributed by atoms with Crippen molar-refractivity contribution in [3.63, 3.8) is 0 Å². The van der Waals surface area contributed by atoms with E-state index in [0.717, 1.165) is 17.3 Å². The SMILES string of the molecule is OC(CNc1ncc(Br)cc1Cl)C1CC1. The number of nitrogens with zero attached hydrogens (tertiary/aromatic N) is 1. The van der Waals surface area contributed by atoms with Crippen molar-refractivity contribution >= 4 is 33.3 Å². The van der Waals surface area contributed by atoms with Gasteiger partial charge < -0.3 is 10.4 Å². The number of aliphatic hydroxyl groups is 1. The summed E-state index contributed by atoms with van der Waals surface area (Å²) >= 11 is 9.26. The van der Waals surface area contributed by atoms with E-state index in [9.17, 15) is 5.11 Å². The number of halogens is 2. The maximum absolute atomic E-state index is 9.65. The lowest BCUT2D eigenvalue weighted by Crippen LogP contribution is -2.21. The van der Waals surface area contributed by atoms with Gasteiger partial charge in [0, 0.05) is 17.2 Å². The lowest BCUT2D eigenvalue weighted by atomic mass is 10.2. The highest BCUT2D eigenvalue weighted by Gasteiger charge is 2.29. The van der Waals surface area contributed by atoms with E-state index in [0.29, 0.717) is 23.3 Å². The van der Waals surface area contributed by atoms with Crippen molar-refractivity contribution in [1.82, 2.24) is 4.98 Å². The third-order valence-electron chi connectivity index (χ3n) is 2.45. The Kier molecular flexibility index (Phi) is 3.49. The van der Waals surface area contributed by atoms with Crippen LogP contribution < -0.4 is 5.32 Å². The minimum absolute atomic E-state index is 0.286. The summed E-state index contributed by atoms with van der Waals surface area (Å²) in [6.45, 7) is 0.513. The number of nitrogens with one attached hydrogen (secondary N) is 1. The summed E-state index contributed by atoms with van der Waals surface area (Å²) < 4.78 is 0.848. The Hall–Kier alpha value is -0.320. The van der Waals surface area contributed by atoms with E-state index in [2.05, 4.69) is 26.2 Å². The molecule has 1 aromatic rings. The molecule has 15 heavy (non-hydrogen) atoms. The molecule has 1 aliphatic rings. The Labute approximate surface area is 102 Å². The highest BCUT2D eigenvalue weighted by atomic mass is 79.9. The monoisotopic (exact) mass is 290 g/mol. The molecule has 0 amide bonds. The summed E-state index contributed by atoms with van der Waals surface area (Å²) in [5.41, 5.74) is 0. The van der Waals surface area contributed by atoms with E-state index in [-0.39, 0.29) is 6.10 Å². The average Bonchev–Trinajstić information content (AvgIpc) is 2.99. The number of rotatable bonds is 4. The largest absolute Gasteiger partial charge is 0.391 e. The molecule has 1 aromatic heterocycles. The summed E-state index contributed by atoms with van der Waals surface area (Å²) in [5, 5.41) is 13.3. The Balaban J connectivity index is 1.92. The van der Waals surface area contributed by atoms with E-state index in [1.165, 1.54) is 0 Å². The molecule has 0 radical (unpaired) electrons. The quantitative estimate of drug-likeness (QED) is 0.896. The van der Waals surface area contributed by atoms with Crippen LogP contribution in [0.15, 0.2) is 16.7 Å². The van der Waals surface area contributed by atoms with E-state index in [4.69, 9.17) is 11.6 Å². The average molecular weight is 292 g/mol. The summed E-state index contributed by atoms with van der Waals surface area (Å²) in [6.07, 6.45) is 3.65. The zero-order valence-corrected chi connectivity index (χ0v) is 10.4. The zero-order valence-electron chi connectivity index (χ0n) is 8.08. The van der Waals surface area contributed by atoms with Gasteiger partial charge in [0.25, 0.3) is 0 Å². The van der Waals surface area contributed by atoms with Crippen LogP contribution in [0.1, 0.15) is 12.8 Å². The number of anilines is 1. The molecule has 82 valence electrons. The predicted molar refractivity (Wildman–Crippen MR) is 64.2 cm³/mol. The maximum Gasteiger partial charge on any atom is 0.144 e. The van der Waals surface area contributed by atoms with Crippen LogP contribution in [0.4, 0.5) is 5.82 Å². The molecule has 0 aliphatic heterocycles. The van der Waals surface area contributed by atoms with E-state index in [1.54, 1.807) is 12.3 Å². The Bertz CT molecular complexity index is 357. The van der Waals surface area contributed by atoms with Crippen LogP contribution in [0.25, 0.3) is 0 Å². The molecule has 0 bridgehead atoms. The minimum Gasteiger partial charge on any atom is -0.391 e. The van der Waals surface area contributed by atoms with Crippen LogP contribution >= 0.6 is 27.5 Å². The standard InChI is InChI=1S/C10H12BrClN2O/c11-7-3-8(12)10(13-4-7)14-5-9(15)6-1-2-6/h3-4,6,9,15H,1-2,5H2,(H,13,14). The topological polar surface area (TPSA) is 45.1 Å². The first kappa shape index (κ1) is 11.2. The van der Waals surface area contributed by atoms with Crippen molar-refractivity contribution in [3.05, 3.63) is 21.8 Å². The number of pyridine rings is 1. The van der Waals surface area contributed by atoms with Gasteiger partial charge in [-0.1, -0.05) is 11.6 Å². The molecule has 2 N–H and O–H groups in total. The van der Waals surface area contributed by atoms with E-state index >= 15 is 0 Å². The van der Waals surface area contributed by atoms with Crippen LogP contribution in [-0.2, 0) is 0 Å². The molecule has 0 aromatic carbocycles. The van der Waals surface area contributed by atoms with Gasteiger partial charge >= 0.3 is 0 Å². The Morgan fingerprint density at radius 2 is 2.40 bits per heavy atom. The van der Waals surface area contributed by atoms with Gasteiger partial charge in [-0.2, -0.15) is 0 Å². The second-order valence-electron chi connectivity index (χ2n) is 3.77. The van der Waals surface area contributed by atoms with Gasteiger partial charge in [0.15, 0.2) is 0 Å². The fourth-order valence-corrected chi connectivity index (χ4v) is 2.09. The summed E-state index contributed by atoms with van der Waals surface area (Å²) in [7, 11) is 0. The molecule has 2 rings (SSSR count). The first-order valence-electron chi connectivity index (χ1n) is 4.90. The molecule has 3 nitrogen and oxygen atoms in total. The molecule has 5 heteroatoms. The molecular weight excluding hydrogens is 279 g/mol. The molecule has 1 unspecified atom stereocenters. The molecule has 0 spiro atoms. The van der Waals surface area contributed by atoms with Gasteiger partial charge in [0.1, 0.15) is 5.82 Å². The van der Waals surface area contributed by atoms with Crippen LogP contribution in [-0.4, -0.2) is 22.7 Å². The predicted octanol–water partition coefficient (Wildman–Crippen LogP) is 2.68. The molecular formula is C10H12BrClN2O. The Morgan fingerprint density at radius 3 is 3.00 bits per heavy atom. The van der Waals surface area contributed by atoms with Crippen molar-refractivity contribution < 1.29 is 5.11 Å². The van der Waals surface area contributed by atoms with Crippen molar-refractivity contribution in [2.75, 3.05) is 11.9 Å². The molecule has 1 fully saturated rings. The maximum atomic E-state index is 9.65. The third-order valence-corrected chi connectivity index (χ3v) is 3.17. The first-order valence-corrected chi connectivity index (χ1v) is 6.07.